The number of fused-ring (bicyclic) bond motifs is 9. The summed E-state index contributed by atoms with van der Waals surface area (Å²) in [7, 11) is 0. The molecule has 0 saturated heterocycles. The molecular formula is C77H73BN4. The standard InChI is InChI=1S/C77H73BN4/c1-73(2,3)55-31-34-58(35-32-55)80-69-49-59(82-67-38-30-54(65-28-20-21-43-79-65)44-62(67)76(10)42-41-52-26-18-19-27-61(52)77(76,82)11)36-37-63(69)78-64-45-53(50-22-14-12-15-23-50)29-39-68(64)81(71-48-57(75(7,8)9)47-70(80)72(71)78)66-40-33-56(74(4,5)6)46-60(66)51-24-16-13-17-25-51/h12-40,43-49H,41-42H2,1-11H3. The summed E-state index contributed by atoms with van der Waals surface area (Å²) in [5, 5.41) is 0. The van der Waals surface area contributed by atoms with Gasteiger partial charge in [0.05, 0.1) is 16.9 Å². The molecule has 4 aliphatic rings. The quantitative estimate of drug-likeness (QED) is 0.155. The number of benzene rings is 9. The van der Waals surface area contributed by atoms with Gasteiger partial charge in [-0.15, -0.1) is 0 Å². The molecule has 1 aromatic heterocycles. The first kappa shape index (κ1) is 51.7. The molecule has 4 nitrogen and oxygen atoms in total. The van der Waals surface area contributed by atoms with Crippen molar-refractivity contribution in [2.75, 3.05) is 14.7 Å². The van der Waals surface area contributed by atoms with Crippen molar-refractivity contribution in [2.45, 2.75) is 116 Å². The molecule has 0 fully saturated rings. The van der Waals surface area contributed by atoms with Crippen molar-refractivity contribution >= 4 is 68.6 Å². The Morgan fingerprint density at radius 2 is 1.02 bits per heavy atom. The number of rotatable bonds is 6. The predicted octanol–water partition coefficient (Wildman–Crippen LogP) is 18.3. The predicted molar refractivity (Wildman–Crippen MR) is 349 cm³/mol. The molecule has 9 aromatic carbocycles. The van der Waals surface area contributed by atoms with Crippen LogP contribution in [0.2, 0.25) is 0 Å². The van der Waals surface area contributed by atoms with Gasteiger partial charge < -0.3 is 14.7 Å². The molecule has 0 bridgehead atoms. The fourth-order valence-electron chi connectivity index (χ4n) is 14.5. The Kier molecular flexibility index (Phi) is 11.7. The lowest BCUT2D eigenvalue weighted by Crippen LogP contribution is -2.61. The maximum atomic E-state index is 4.87. The molecule has 404 valence electrons. The van der Waals surface area contributed by atoms with Crippen molar-refractivity contribution in [3.63, 3.8) is 0 Å². The van der Waals surface area contributed by atoms with Crippen LogP contribution in [0.5, 0.6) is 0 Å². The third kappa shape index (κ3) is 7.97. The van der Waals surface area contributed by atoms with E-state index in [1.807, 2.05) is 12.3 Å². The Morgan fingerprint density at radius 3 is 1.72 bits per heavy atom. The maximum Gasteiger partial charge on any atom is 0.252 e. The van der Waals surface area contributed by atoms with E-state index in [1.54, 1.807) is 0 Å². The topological polar surface area (TPSA) is 22.6 Å². The van der Waals surface area contributed by atoms with Crippen molar-refractivity contribution in [1.29, 1.82) is 0 Å². The Bertz CT molecular complexity index is 4150. The van der Waals surface area contributed by atoms with E-state index in [-0.39, 0.29) is 28.4 Å². The Hall–Kier alpha value is -8.41. The van der Waals surface area contributed by atoms with Crippen molar-refractivity contribution in [1.82, 2.24) is 4.98 Å². The van der Waals surface area contributed by atoms with Gasteiger partial charge in [0.25, 0.3) is 6.71 Å². The van der Waals surface area contributed by atoms with Gasteiger partial charge in [-0.05, 0) is 181 Å². The first-order valence-corrected chi connectivity index (χ1v) is 29.7. The van der Waals surface area contributed by atoms with Gasteiger partial charge in [0.2, 0.25) is 0 Å². The SMILES string of the molecule is CC(C)(C)c1ccc(N2c3cc(N4c5ccc(-c6ccccn6)cc5C5(C)CCc6ccccc6C45C)ccc3B3c4cc(-c5ccccc5)ccc4N(c4ccc(C(C)(C)C)cc4-c4ccccc4)c4cc(C(C)(C)C)cc2c43)cc1. The molecule has 0 radical (unpaired) electrons. The van der Waals surface area contributed by atoms with Gasteiger partial charge in [0.1, 0.15) is 0 Å². The van der Waals surface area contributed by atoms with Gasteiger partial charge in [0.15, 0.2) is 0 Å². The molecule has 82 heavy (non-hydrogen) atoms. The van der Waals surface area contributed by atoms with Crippen LogP contribution in [-0.2, 0) is 33.6 Å². The summed E-state index contributed by atoms with van der Waals surface area (Å²) in [4.78, 5) is 12.9. The van der Waals surface area contributed by atoms with Crippen molar-refractivity contribution in [3.05, 3.63) is 252 Å². The summed E-state index contributed by atoms with van der Waals surface area (Å²) >= 11 is 0. The van der Waals surface area contributed by atoms with Crippen LogP contribution in [0.25, 0.3) is 33.5 Å². The van der Waals surface area contributed by atoms with Crippen LogP contribution in [0.3, 0.4) is 0 Å². The highest BCUT2D eigenvalue weighted by atomic mass is 15.3. The minimum Gasteiger partial charge on any atom is -0.330 e. The van der Waals surface area contributed by atoms with Gasteiger partial charge in [0, 0.05) is 62.6 Å². The van der Waals surface area contributed by atoms with Crippen LogP contribution in [0.4, 0.5) is 45.5 Å². The van der Waals surface area contributed by atoms with Gasteiger partial charge in [-0.3, -0.25) is 4.98 Å². The van der Waals surface area contributed by atoms with E-state index in [4.69, 9.17) is 4.98 Å². The van der Waals surface area contributed by atoms with E-state index in [0.29, 0.717) is 0 Å². The highest BCUT2D eigenvalue weighted by Crippen LogP contribution is 2.64. The highest BCUT2D eigenvalue weighted by molar-refractivity contribution is 7.00. The zero-order chi connectivity index (χ0) is 56.7. The average Bonchev–Trinajstić information content (AvgIpc) is 1.63. The molecular weight excluding hydrogens is 992 g/mol. The van der Waals surface area contributed by atoms with E-state index in [2.05, 4.69) is 297 Å². The van der Waals surface area contributed by atoms with Crippen LogP contribution in [0.1, 0.15) is 116 Å². The normalized spacial score (nSPS) is 17.8. The molecule has 3 aliphatic heterocycles. The lowest BCUT2D eigenvalue weighted by Gasteiger charge is -2.51. The van der Waals surface area contributed by atoms with Crippen molar-refractivity contribution in [3.8, 4) is 33.5 Å². The van der Waals surface area contributed by atoms with Crippen molar-refractivity contribution < 1.29 is 0 Å². The molecule has 0 N–H and O–H groups in total. The van der Waals surface area contributed by atoms with E-state index >= 15 is 0 Å². The van der Waals surface area contributed by atoms with Gasteiger partial charge >= 0.3 is 0 Å². The Labute approximate surface area is 487 Å². The van der Waals surface area contributed by atoms with E-state index in [9.17, 15) is 0 Å². The largest absolute Gasteiger partial charge is 0.330 e. The third-order valence-electron chi connectivity index (χ3n) is 19.2. The number of aromatic nitrogens is 1. The number of nitrogens with zero attached hydrogens (tertiary/aromatic N) is 4. The fraction of sp³-hybridized carbons (Fsp3) is 0.234. The van der Waals surface area contributed by atoms with Crippen molar-refractivity contribution in [2.24, 2.45) is 0 Å². The van der Waals surface area contributed by atoms with Crippen LogP contribution < -0.4 is 31.1 Å². The summed E-state index contributed by atoms with van der Waals surface area (Å²) in [5.74, 6) is 0. The zero-order valence-corrected chi connectivity index (χ0v) is 49.6. The summed E-state index contributed by atoms with van der Waals surface area (Å²) in [5.41, 5.74) is 27.7. The highest BCUT2D eigenvalue weighted by Gasteiger charge is 2.60. The summed E-state index contributed by atoms with van der Waals surface area (Å²) in [6.07, 6.45) is 3.97. The molecule has 5 heteroatoms. The summed E-state index contributed by atoms with van der Waals surface area (Å²) in [6.45, 7) is 26.0. The van der Waals surface area contributed by atoms with Crippen LogP contribution >= 0.6 is 0 Å². The first-order chi connectivity index (χ1) is 39.3. The average molecular weight is 1070 g/mol. The lowest BCUT2D eigenvalue weighted by molar-refractivity contribution is 0.245. The molecule has 2 unspecified atom stereocenters. The minimum absolute atomic E-state index is 0.0143. The van der Waals surface area contributed by atoms with E-state index in [1.165, 1.54) is 112 Å². The molecule has 0 saturated carbocycles. The van der Waals surface area contributed by atoms with Gasteiger partial charge in [-0.2, -0.15) is 0 Å². The summed E-state index contributed by atoms with van der Waals surface area (Å²) < 4.78 is 0. The zero-order valence-electron chi connectivity index (χ0n) is 49.6. The van der Waals surface area contributed by atoms with Crippen LogP contribution in [0.15, 0.2) is 219 Å². The molecule has 2 atom stereocenters. The Balaban J connectivity index is 1.07. The second-order valence-electron chi connectivity index (χ2n) is 27.2. The smallest absolute Gasteiger partial charge is 0.252 e. The third-order valence-corrected chi connectivity index (χ3v) is 19.2. The van der Waals surface area contributed by atoms with E-state index < -0.39 is 5.54 Å². The molecule has 1 aliphatic carbocycles. The lowest BCUT2D eigenvalue weighted by atomic mass is 9.33. The number of anilines is 8. The van der Waals surface area contributed by atoms with Crippen LogP contribution in [-0.4, -0.2) is 11.7 Å². The Morgan fingerprint density at radius 1 is 0.415 bits per heavy atom. The number of pyridine rings is 1. The monoisotopic (exact) mass is 1060 g/mol. The van der Waals surface area contributed by atoms with Gasteiger partial charge in [-0.25, -0.2) is 0 Å². The van der Waals surface area contributed by atoms with E-state index in [0.717, 1.165) is 29.8 Å². The maximum absolute atomic E-state index is 4.87. The van der Waals surface area contributed by atoms with Crippen LogP contribution in [0, 0.1) is 0 Å². The minimum atomic E-state index is -0.416. The second kappa shape index (κ2) is 18.6. The number of aryl methyl sites for hydroxylation is 1. The van der Waals surface area contributed by atoms with Gasteiger partial charge in [-0.1, -0.05) is 203 Å². The summed E-state index contributed by atoms with van der Waals surface area (Å²) in [6, 6.07) is 81.3. The molecule has 4 heterocycles. The first-order valence-electron chi connectivity index (χ1n) is 29.7. The molecule has 0 amide bonds. The molecule has 0 spiro atoms. The number of hydrogen-bond acceptors (Lipinski definition) is 4. The second-order valence-corrected chi connectivity index (χ2v) is 27.2. The molecule has 10 aromatic rings. The number of hydrogen-bond donors (Lipinski definition) is 0. The molecule has 14 rings (SSSR count). The fourth-order valence-corrected chi connectivity index (χ4v) is 14.5.